The molecule has 1 heterocycles. The molecule has 0 spiro atoms. The third kappa shape index (κ3) is 3.23. The molecule has 2 nitrogen and oxygen atoms in total. The zero-order valence-corrected chi connectivity index (χ0v) is 11.7. The van der Waals surface area contributed by atoms with Gasteiger partial charge >= 0.3 is 0 Å². The molecule has 2 heteroatoms. The Labute approximate surface area is 106 Å². The van der Waals surface area contributed by atoms with Crippen LogP contribution in [0.2, 0.25) is 0 Å². The average molecular weight is 240 g/mol. The van der Waals surface area contributed by atoms with E-state index in [9.17, 15) is 0 Å². The number of rotatable bonds is 3. The summed E-state index contributed by atoms with van der Waals surface area (Å²) >= 11 is 0. The molecule has 1 saturated carbocycles. The van der Waals surface area contributed by atoms with Crippen LogP contribution < -0.4 is 0 Å². The van der Waals surface area contributed by atoms with Crippen molar-refractivity contribution in [3.05, 3.63) is 0 Å². The van der Waals surface area contributed by atoms with E-state index in [1.165, 1.54) is 25.7 Å². The Morgan fingerprint density at radius 1 is 1.06 bits per heavy atom. The van der Waals surface area contributed by atoms with Crippen LogP contribution in [-0.4, -0.2) is 19.5 Å². The van der Waals surface area contributed by atoms with Gasteiger partial charge in [0.15, 0.2) is 6.29 Å². The molecule has 0 unspecified atom stereocenters. The number of hydrogen-bond acceptors (Lipinski definition) is 2. The lowest BCUT2D eigenvalue weighted by Gasteiger charge is -2.45. The first-order valence-corrected chi connectivity index (χ1v) is 7.37. The Hall–Kier alpha value is -0.0800. The molecule has 0 amide bonds. The minimum absolute atomic E-state index is 0.0654. The first kappa shape index (κ1) is 13.4. The minimum Gasteiger partial charge on any atom is -0.352 e. The van der Waals surface area contributed by atoms with E-state index in [0.717, 1.165) is 37.9 Å². The van der Waals surface area contributed by atoms with Gasteiger partial charge in [-0.3, -0.25) is 0 Å². The second-order valence-corrected chi connectivity index (χ2v) is 6.45. The SMILES string of the molecule is CCC[C@H]1OC[C@@](C)(C2CCC(C)CC2)CO1. The van der Waals surface area contributed by atoms with Gasteiger partial charge in [0.25, 0.3) is 0 Å². The van der Waals surface area contributed by atoms with Crippen LogP contribution in [0.15, 0.2) is 0 Å². The van der Waals surface area contributed by atoms with Gasteiger partial charge in [0.1, 0.15) is 0 Å². The van der Waals surface area contributed by atoms with E-state index in [1.54, 1.807) is 0 Å². The molecule has 1 aliphatic heterocycles. The maximum absolute atomic E-state index is 5.89. The van der Waals surface area contributed by atoms with Gasteiger partial charge in [-0.1, -0.05) is 40.0 Å². The molecule has 0 aromatic heterocycles. The summed E-state index contributed by atoms with van der Waals surface area (Å²) < 4.78 is 11.8. The van der Waals surface area contributed by atoms with Crippen LogP contribution in [0.3, 0.4) is 0 Å². The Morgan fingerprint density at radius 3 is 2.18 bits per heavy atom. The summed E-state index contributed by atoms with van der Waals surface area (Å²) in [5.74, 6) is 1.73. The van der Waals surface area contributed by atoms with Crippen LogP contribution in [0.1, 0.15) is 59.3 Å². The van der Waals surface area contributed by atoms with Crippen molar-refractivity contribution < 1.29 is 9.47 Å². The van der Waals surface area contributed by atoms with Gasteiger partial charge in [-0.05, 0) is 31.1 Å². The molecule has 0 radical (unpaired) electrons. The summed E-state index contributed by atoms with van der Waals surface area (Å²) in [7, 11) is 0. The van der Waals surface area contributed by atoms with E-state index in [0.29, 0.717) is 0 Å². The molecule has 2 fully saturated rings. The molecule has 2 aliphatic rings. The van der Waals surface area contributed by atoms with Gasteiger partial charge in [0.2, 0.25) is 0 Å². The highest BCUT2D eigenvalue weighted by atomic mass is 16.7. The third-order valence-corrected chi connectivity index (χ3v) is 4.72. The lowest BCUT2D eigenvalue weighted by molar-refractivity contribution is -0.241. The van der Waals surface area contributed by atoms with Gasteiger partial charge in [-0.25, -0.2) is 0 Å². The van der Waals surface area contributed by atoms with Gasteiger partial charge in [0, 0.05) is 5.41 Å². The predicted molar refractivity (Wildman–Crippen MR) is 69.8 cm³/mol. The second-order valence-electron chi connectivity index (χ2n) is 6.45. The fourth-order valence-electron chi connectivity index (χ4n) is 3.25. The van der Waals surface area contributed by atoms with Gasteiger partial charge in [-0.15, -0.1) is 0 Å². The predicted octanol–water partition coefficient (Wildman–Crippen LogP) is 3.99. The Bertz CT molecular complexity index is 223. The van der Waals surface area contributed by atoms with E-state index < -0.39 is 0 Å². The normalized spacial score (nSPS) is 43.6. The summed E-state index contributed by atoms with van der Waals surface area (Å²) in [5, 5.41) is 0. The molecule has 0 bridgehead atoms. The highest BCUT2D eigenvalue weighted by Crippen LogP contribution is 2.42. The first-order chi connectivity index (χ1) is 8.14. The lowest BCUT2D eigenvalue weighted by atomic mass is 9.68. The summed E-state index contributed by atoms with van der Waals surface area (Å²) in [6.45, 7) is 8.72. The summed E-state index contributed by atoms with van der Waals surface area (Å²) in [5.41, 5.74) is 0.268. The van der Waals surface area contributed by atoms with Crippen molar-refractivity contribution in [3.8, 4) is 0 Å². The van der Waals surface area contributed by atoms with Crippen LogP contribution >= 0.6 is 0 Å². The fourth-order valence-corrected chi connectivity index (χ4v) is 3.25. The standard InChI is InChI=1S/C15H28O2/c1-4-5-14-16-10-15(3,11-17-14)13-8-6-12(2)7-9-13/h12-14H,4-11H2,1-3H3/t12?,13?,14-,15+. The molecular formula is C15H28O2. The van der Waals surface area contributed by atoms with E-state index >= 15 is 0 Å². The topological polar surface area (TPSA) is 18.5 Å². The highest BCUT2D eigenvalue weighted by molar-refractivity contribution is 4.87. The molecule has 100 valence electrons. The molecule has 0 N–H and O–H groups in total. The van der Waals surface area contributed by atoms with E-state index in [-0.39, 0.29) is 11.7 Å². The van der Waals surface area contributed by atoms with Gasteiger partial charge in [-0.2, -0.15) is 0 Å². The average Bonchev–Trinajstić information content (AvgIpc) is 2.33. The van der Waals surface area contributed by atoms with Crippen molar-refractivity contribution >= 4 is 0 Å². The smallest absolute Gasteiger partial charge is 0.157 e. The second kappa shape index (κ2) is 5.71. The maximum Gasteiger partial charge on any atom is 0.157 e. The van der Waals surface area contributed by atoms with Crippen LogP contribution in [0.25, 0.3) is 0 Å². The molecule has 2 rings (SSSR count). The van der Waals surface area contributed by atoms with Crippen molar-refractivity contribution in [3.63, 3.8) is 0 Å². The molecule has 0 atom stereocenters. The van der Waals surface area contributed by atoms with Crippen LogP contribution in [-0.2, 0) is 9.47 Å². The quantitative estimate of drug-likeness (QED) is 0.742. The van der Waals surface area contributed by atoms with Crippen molar-refractivity contribution in [2.24, 2.45) is 17.3 Å². The minimum atomic E-state index is 0.0654. The van der Waals surface area contributed by atoms with Crippen molar-refractivity contribution in [2.45, 2.75) is 65.6 Å². The third-order valence-electron chi connectivity index (χ3n) is 4.72. The molecule has 17 heavy (non-hydrogen) atoms. The van der Waals surface area contributed by atoms with E-state index in [1.807, 2.05) is 0 Å². The van der Waals surface area contributed by atoms with Crippen LogP contribution in [0.4, 0.5) is 0 Å². The molecule has 0 aromatic rings. The Morgan fingerprint density at radius 2 is 1.65 bits per heavy atom. The van der Waals surface area contributed by atoms with Crippen molar-refractivity contribution in [1.82, 2.24) is 0 Å². The molecule has 0 aromatic carbocycles. The molecule has 1 saturated heterocycles. The van der Waals surface area contributed by atoms with Gasteiger partial charge in [0.05, 0.1) is 13.2 Å². The van der Waals surface area contributed by atoms with Crippen molar-refractivity contribution in [2.75, 3.05) is 13.2 Å². The summed E-state index contributed by atoms with van der Waals surface area (Å²) in [6, 6.07) is 0. The first-order valence-electron chi connectivity index (χ1n) is 7.37. The Balaban J connectivity index is 1.84. The number of hydrogen-bond donors (Lipinski definition) is 0. The van der Waals surface area contributed by atoms with Gasteiger partial charge < -0.3 is 9.47 Å². The monoisotopic (exact) mass is 240 g/mol. The fraction of sp³-hybridized carbons (Fsp3) is 1.00. The van der Waals surface area contributed by atoms with Crippen molar-refractivity contribution in [1.29, 1.82) is 0 Å². The zero-order valence-electron chi connectivity index (χ0n) is 11.7. The maximum atomic E-state index is 5.89. The largest absolute Gasteiger partial charge is 0.352 e. The van der Waals surface area contributed by atoms with E-state index in [2.05, 4.69) is 20.8 Å². The van der Waals surface area contributed by atoms with Crippen LogP contribution in [0, 0.1) is 17.3 Å². The Kier molecular flexibility index (Phi) is 4.48. The zero-order chi connectivity index (χ0) is 12.3. The van der Waals surface area contributed by atoms with Crippen LogP contribution in [0.5, 0.6) is 0 Å². The molecular weight excluding hydrogens is 212 g/mol. The summed E-state index contributed by atoms with van der Waals surface area (Å²) in [4.78, 5) is 0. The highest BCUT2D eigenvalue weighted by Gasteiger charge is 2.40. The summed E-state index contributed by atoms with van der Waals surface area (Å²) in [6.07, 6.45) is 7.75. The van der Waals surface area contributed by atoms with E-state index in [4.69, 9.17) is 9.47 Å². The molecule has 1 aliphatic carbocycles. The number of ether oxygens (including phenoxy) is 2. The lowest BCUT2D eigenvalue weighted by Crippen LogP contribution is -2.45.